The SMILES string of the molecule is Cc1ccc(F)cc1C(=O)NC1CCc2c(F)cccc21. The average molecular weight is 287 g/mol. The predicted octanol–water partition coefficient (Wildman–Crippen LogP) is 3.69. The number of fused-ring (bicyclic) bond motifs is 1. The van der Waals surface area contributed by atoms with Crippen LogP contribution >= 0.6 is 0 Å². The maximum absolute atomic E-state index is 13.7. The average Bonchev–Trinajstić information content (AvgIpc) is 2.86. The quantitative estimate of drug-likeness (QED) is 0.896. The lowest BCUT2D eigenvalue weighted by Crippen LogP contribution is -2.27. The molecule has 1 aliphatic rings. The van der Waals surface area contributed by atoms with Crippen LogP contribution in [0, 0.1) is 18.6 Å². The summed E-state index contributed by atoms with van der Waals surface area (Å²) in [5.41, 5.74) is 2.52. The Hall–Kier alpha value is -2.23. The number of benzene rings is 2. The summed E-state index contributed by atoms with van der Waals surface area (Å²) in [5.74, 6) is -0.996. The molecule has 21 heavy (non-hydrogen) atoms. The van der Waals surface area contributed by atoms with Crippen LogP contribution in [-0.2, 0) is 6.42 Å². The van der Waals surface area contributed by atoms with E-state index in [0.29, 0.717) is 29.5 Å². The topological polar surface area (TPSA) is 29.1 Å². The largest absolute Gasteiger partial charge is 0.345 e. The normalized spacial score (nSPS) is 16.6. The minimum Gasteiger partial charge on any atom is -0.345 e. The fraction of sp³-hybridized carbons (Fsp3) is 0.235. The molecule has 0 aromatic heterocycles. The second-order valence-corrected chi connectivity index (χ2v) is 5.33. The Kier molecular flexibility index (Phi) is 3.45. The van der Waals surface area contributed by atoms with Crippen molar-refractivity contribution in [2.45, 2.75) is 25.8 Å². The molecule has 0 saturated heterocycles. The van der Waals surface area contributed by atoms with Crippen molar-refractivity contribution in [2.24, 2.45) is 0 Å². The third kappa shape index (κ3) is 2.53. The van der Waals surface area contributed by atoms with E-state index in [2.05, 4.69) is 5.32 Å². The van der Waals surface area contributed by atoms with Crippen molar-refractivity contribution in [1.29, 1.82) is 0 Å². The van der Waals surface area contributed by atoms with Gasteiger partial charge in [0.15, 0.2) is 0 Å². The molecule has 1 atom stereocenters. The molecule has 2 nitrogen and oxygen atoms in total. The summed E-state index contributed by atoms with van der Waals surface area (Å²) in [7, 11) is 0. The van der Waals surface area contributed by atoms with Gasteiger partial charge in [0.05, 0.1) is 6.04 Å². The van der Waals surface area contributed by atoms with Crippen LogP contribution in [-0.4, -0.2) is 5.91 Å². The molecule has 3 rings (SSSR count). The molecule has 4 heteroatoms. The number of hydrogen-bond acceptors (Lipinski definition) is 1. The molecule has 0 fully saturated rings. The predicted molar refractivity (Wildman–Crippen MR) is 76.1 cm³/mol. The Morgan fingerprint density at radius 3 is 2.86 bits per heavy atom. The third-order valence-corrected chi connectivity index (χ3v) is 3.96. The molecule has 1 amide bonds. The molecular weight excluding hydrogens is 272 g/mol. The Labute approximate surface area is 121 Å². The molecule has 2 aromatic carbocycles. The highest BCUT2D eigenvalue weighted by molar-refractivity contribution is 5.95. The lowest BCUT2D eigenvalue weighted by atomic mass is 10.1. The van der Waals surface area contributed by atoms with Crippen LogP contribution in [0.1, 0.15) is 39.5 Å². The standard InChI is InChI=1S/C17H15F2NO/c1-10-5-6-11(18)9-14(10)17(21)20-16-8-7-12-13(16)3-2-4-15(12)19/h2-6,9,16H,7-8H2,1H3,(H,20,21). The summed E-state index contributed by atoms with van der Waals surface area (Å²) in [6.07, 6.45) is 1.27. The van der Waals surface area contributed by atoms with Crippen LogP contribution in [0.25, 0.3) is 0 Å². The van der Waals surface area contributed by atoms with Crippen LogP contribution in [0.15, 0.2) is 36.4 Å². The third-order valence-electron chi connectivity index (χ3n) is 3.96. The van der Waals surface area contributed by atoms with Crippen LogP contribution in [0.3, 0.4) is 0 Å². The lowest BCUT2D eigenvalue weighted by Gasteiger charge is -2.15. The number of nitrogens with one attached hydrogen (secondary N) is 1. The lowest BCUT2D eigenvalue weighted by molar-refractivity contribution is 0.0935. The van der Waals surface area contributed by atoms with E-state index in [-0.39, 0.29) is 17.8 Å². The van der Waals surface area contributed by atoms with Crippen molar-refractivity contribution >= 4 is 5.91 Å². The van der Waals surface area contributed by atoms with Gasteiger partial charge in [0.2, 0.25) is 0 Å². The molecule has 0 aliphatic heterocycles. The van der Waals surface area contributed by atoms with Gasteiger partial charge in [-0.3, -0.25) is 4.79 Å². The first kappa shape index (κ1) is 13.7. The van der Waals surface area contributed by atoms with E-state index in [1.807, 2.05) is 6.07 Å². The Morgan fingerprint density at radius 2 is 2.05 bits per heavy atom. The van der Waals surface area contributed by atoms with Crippen molar-refractivity contribution in [3.05, 3.63) is 70.3 Å². The van der Waals surface area contributed by atoms with Gasteiger partial charge in [-0.05, 0) is 54.7 Å². The summed E-state index contributed by atoms with van der Waals surface area (Å²) in [5, 5.41) is 2.87. The highest BCUT2D eigenvalue weighted by Crippen LogP contribution is 2.32. The highest BCUT2D eigenvalue weighted by atomic mass is 19.1. The molecular formula is C17H15F2NO. The molecule has 108 valence electrons. The van der Waals surface area contributed by atoms with Crippen molar-refractivity contribution in [3.63, 3.8) is 0 Å². The zero-order chi connectivity index (χ0) is 15.0. The Balaban J connectivity index is 1.84. The zero-order valence-electron chi connectivity index (χ0n) is 11.6. The first-order chi connectivity index (χ1) is 10.1. The van der Waals surface area contributed by atoms with Crippen LogP contribution < -0.4 is 5.32 Å². The van der Waals surface area contributed by atoms with Gasteiger partial charge in [-0.1, -0.05) is 18.2 Å². The molecule has 0 saturated carbocycles. The summed E-state index contributed by atoms with van der Waals surface area (Å²) in [4.78, 5) is 12.3. The van der Waals surface area contributed by atoms with Crippen LogP contribution in [0.4, 0.5) is 8.78 Å². The highest BCUT2D eigenvalue weighted by Gasteiger charge is 2.26. The van der Waals surface area contributed by atoms with Crippen molar-refractivity contribution < 1.29 is 13.6 Å². The van der Waals surface area contributed by atoms with Gasteiger partial charge in [-0.15, -0.1) is 0 Å². The molecule has 1 unspecified atom stereocenters. The molecule has 1 aliphatic carbocycles. The maximum atomic E-state index is 13.7. The van der Waals surface area contributed by atoms with Gasteiger partial charge in [0.25, 0.3) is 5.91 Å². The number of amides is 1. The van der Waals surface area contributed by atoms with Crippen LogP contribution in [0.2, 0.25) is 0 Å². The molecule has 2 aromatic rings. The Morgan fingerprint density at radius 1 is 1.24 bits per heavy atom. The van der Waals surface area contributed by atoms with E-state index in [1.54, 1.807) is 19.1 Å². The van der Waals surface area contributed by atoms with Crippen molar-refractivity contribution in [1.82, 2.24) is 5.32 Å². The van der Waals surface area contributed by atoms with Gasteiger partial charge in [-0.25, -0.2) is 8.78 Å². The summed E-state index contributed by atoms with van der Waals surface area (Å²) >= 11 is 0. The van der Waals surface area contributed by atoms with E-state index in [4.69, 9.17) is 0 Å². The number of halogens is 2. The second kappa shape index (κ2) is 5.28. The van der Waals surface area contributed by atoms with Crippen molar-refractivity contribution in [2.75, 3.05) is 0 Å². The van der Waals surface area contributed by atoms with Gasteiger partial charge in [0.1, 0.15) is 11.6 Å². The number of rotatable bonds is 2. The molecule has 0 radical (unpaired) electrons. The molecule has 1 N–H and O–H groups in total. The smallest absolute Gasteiger partial charge is 0.252 e. The maximum Gasteiger partial charge on any atom is 0.252 e. The van der Waals surface area contributed by atoms with Crippen molar-refractivity contribution in [3.8, 4) is 0 Å². The van der Waals surface area contributed by atoms with Gasteiger partial charge in [0, 0.05) is 5.56 Å². The summed E-state index contributed by atoms with van der Waals surface area (Å²) < 4.78 is 27.0. The summed E-state index contributed by atoms with van der Waals surface area (Å²) in [6.45, 7) is 1.76. The van der Waals surface area contributed by atoms with Gasteiger partial charge >= 0.3 is 0 Å². The Bertz CT molecular complexity index is 712. The monoisotopic (exact) mass is 287 g/mol. The van der Waals surface area contributed by atoms with E-state index in [0.717, 1.165) is 5.56 Å². The number of carbonyl (C=O) groups excluding carboxylic acids is 1. The fourth-order valence-corrected chi connectivity index (χ4v) is 2.83. The first-order valence-electron chi connectivity index (χ1n) is 6.90. The van der Waals surface area contributed by atoms with E-state index in [1.165, 1.54) is 18.2 Å². The van der Waals surface area contributed by atoms with Gasteiger partial charge in [-0.2, -0.15) is 0 Å². The molecule has 0 heterocycles. The number of hydrogen-bond donors (Lipinski definition) is 1. The minimum atomic E-state index is -0.441. The number of aryl methyl sites for hydroxylation is 1. The minimum absolute atomic E-state index is 0.217. The first-order valence-corrected chi connectivity index (χ1v) is 6.90. The van der Waals surface area contributed by atoms with E-state index >= 15 is 0 Å². The summed E-state index contributed by atoms with van der Waals surface area (Å²) in [6, 6.07) is 8.82. The zero-order valence-corrected chi connectivity index (χ0v) is 11.6. The second-order valence-electron chi connectivity index (χ2n) is 5.33. The molecule has 0 spiro atoms. The fourth-order valence-electron chi connectivity index (χ4n) is 2.83. The van der Waals surface area contributed by atoms with Gasteiger partial charge < -0.3 is 5.32 Å². The molecule has 0 bridgehead atoms. The van der Waals surface area contributed by atoms with E-state index in [9.17, 15) is 13.6 Å². The van der Waals surface area contributed by atoms with Crippen LogP contribution in [0.5, 0.6) is 0 Å². The number of carbonyl (C=O) groups is 1. The van der Waals surface area contributed by atoms with E-state index < -0.39 is 5.82 Å².